The third-order valence-corrected chi connectivity index (χ3v) is 5.81. The molecule has 0 aliphatic carbocycles. The number of anilines is 1. The topological polar surface area (TPSA) is 73.8 Å². The lowest BCUT2D eigenvalue weighted by Crippen LogP contribution is -2.34. The second-order valence-corrected chi connectivity index (χ2v) is 8.08. The van der Waals surface area contributed by atoms with Crippen LogP contribution in [0.25, 0.3) is 10.2 Å². The molecule has 1 amide bonds. The first-order valence-corrected chi connectivity index (χ1v) is 11.6. The van der Waals surface area contributed by atoms with Crippen LogP contribution in [-0.2, 0) is 11.3 Å². The van der Waals surface area contributed by atoms with Gasteiger partial charge in [0.2, 0.25) is 0 Å². The van der Waals surface area contributed by atoms with Crippen molar-refractivity contribution in [1.29, 1.82) is 0 Å². The zero-order valence-corrected chi connectivity index (χ0v) is 19.4. The largest absolute Gasteiger partial charge is 0.494 e. The Morgan fingerprint density at radius 1 is 0.939 bits per heavy atom. The summed E-state index contributed by atoms with van der Waals surface area (Å²) in [5.74, 6) is 1.85. The fraction of sp³-hybridized carbons (Fsp3) is 0.240. The highest BCUT2D eigenvalue weighted by Gasteiger charge is 2.22. The Labute approximate surface area is 196 Å². The maximum Gasteiger partial charge on any atom is 0.267 e. The molecule has 0 radical (unpaired) electrons. The standard InChI is InChI=1S/C25H25N3O4S/c1-3-30-19-10-12-20(13-11-19)32-17-23(29)28(16-18-7-6-14-26-15-18)25-27-24-21(31-4-2)8-5-9-22(24)33-25/h5-15H,3-4,16-17H2,1-2H3. The van der Waals surface area contributed by atoms with Crippen molar-refractivity contribution in [3.63, 3.8) is 0 Å². The second-order valence-electron chi connectivity index (χ2n) is 7.07. The van der Waals surface area contributed by atoms with E-state index in [-0.39, 0.29) is 12.5 Å². The Hall–Kier alpha value is -3.65. The van der Waals surface area contributed by atoms with Gasteiger partial charge in [0.25, 0.3) is 5.91 Å². The van der Waals surface area contributed by atoms with E-state index >= 15 is 0 Å². The molecule has 33 heavy (non-hydrogen) atoms. The maximum atomic E-state index is 13.3. The maximum absolute atomic E-state index is 13.3. The molecule has 0 N–H and O–H groups in total. The number of ether oxygens (including phenoxy) is 3. The van der Waals surface area contributed by atoms with E-state index in [4.69, 9.17) is 19.2 Å². The molecule has 0 saturated heterocycles. The molecule has 0 aliphatic heterocycles. The summed E-state index contributed by atoms with van der Waals surface area (Å²) in [5, 5.41) is 0.585. The van der Waals surface area contributed by atoms with E-state index in [1.54, 1.807) is 29.4 Å². The summed E-state index contributed by atoms with van der Waals surface area (Å²) in [6.07, 6.45) is 3.45. The van der Waals surface area contributed by atoms with Crippen LogP contribution < -0.4 is 19.1 Å². The van der Waals surface area contributed by atoms with Gasteiger partial charge >= 0.3 is 0 Å². The quantitative estimate of drug-likeness (QED) is 0.326. The molecular formula is C25H25N3O4S. The van der Waals surface area contributed by atoms with Crippen LogP contribution in [0.15, 0.2) is 67.0 Å². The van der Waals surface area contributed by atoms with Crippen molar-refractivity contribution in [2.75, 3.05) is 24.7 Å². The minimum atomic E-state index is -0.204. The Kier molecular flexibility index (Phi) is 7.36. The Balaban J connectivity index is 1.57. The van der Waals surface area contributed by atoms with Crippen molar-refractivity contribution in [2.45, 2.75) is 20.4 Å². The number of para-hydroxylation sites is 1. The lowest BCUT2D eigenvalue weighted by molar-refractivity contribution is -0.120. The summed E-state index contributed by atoms with van der Waals surface area (Å²) < 4.78 is 17.9. The van der Waals surface area contributed by atoms with Gasteiger partial charge in [0, 0.05) is 12.4 Å². The van der Waals surface area contributed by atoms with Gasteiger partial charge in [-0.15, -0.1) is 0 Å². The smallest absolute Gasteiger partial charge is 0.267 e. The van der Waals surface area contributed by atoms with Crippen molar-refractivity contribution in [3.8, 4) is 17.2 Å². The van der Waals surface area contributed by atoms with Crippen molar-refractivity contribution < 1.29 is 19.0 Å². The number of thiazole rings is 1. The first kappa shape index (κ1) is 22.5. The monoisotopic (exact) mass is 463 g/mol. The fourth-order valence-electron chi connectivity index (χ4n) is 3.26. The Morgan fingerprint density at radius 3 is 2.39 bits per heavy atom. The molecule has 4 rings (SSSR count). The Bertz CT molecular complexity index is 1200. The molecule has 0 spiro atoms. The molecule has 2 aromatic heterocycles. The average molecular weight is 464 g/mol. The molecule has 0 unspecified atom stereocenters. The minimum Gasteiger partial charge on any atom is -0.494 e. The van der Waals surface area contributed by atoms with Crippen molar-refractivity contribution in [1.82, 2.24) is 9.97 Å². The number of amides is 1. The summed E-state index contributed by atoms with van der Waals surface area (Å²) >= 11 is 1.44. The zero-order valence-electron chi connectivity index (χ0n) is 18.6. The summed E-state index contributed by atoms with van der Waals surface area (Å²) in [6.45, 7) is 5.21. The molecule has 0 fully saturated rings. The number of benzene rings is 2. The van der Waals surface area contributed by atoms with Crippen molar-refractivity contribution in [3.05, 3.63) is 72.6 Å². The summed E-state index contributed by atoms with van der Waals surface area (Å²) in [4.78, 5) is 23.8. The van der Waals surface area contributed by atoms with Crippen molar-refractivity contribution >= 4 is 32.6 Å². The van der Waals surface area contributed by atoms with Crippen LogP contribution in [0.3, 0.4) is 0 Å². The van der Waals surface area contributed by atoms with Gasteiger partial charge in [0.1, 0.15) is 22.8 Å². The highest BCUT2D eigenvalue weighted by atomic mass is 32.1. The summed E-state index contributed by atoms with van der Waals surface area (Å²) in [7, 11) is 0. The van der Waals surface area contributed by atoms with E-state index in [1.165, 1.54) is 11.3 Å². The van der Waals surface area contributed by atoms with Gasteiger partial charge in [-0.1, -0.05) is 23.5 Å². The van der Waals surface area contributed by atoms with E-state index in [0.29, 0.717) is 36.4 Å². The van der Waals surface area contributed by atoms with E-state index in [2.05, 4.69) is 4.98 Å². The van der Waals surface area contributed by atoms with Gasteiger partial charge in [0.15, 0.2) is 11.7 Å². The third kappa shape index (κ3) is 5.59. The second kappa shape index (κ2) is 10.8. The molecule has 4 aromatic rings. The number of aromatic nitrogens is 2. The number of pyridine rings is 1. The van der Waals surface area contributed by atoms with Gasteiger partial charge < -0.3 is 14.2 Å². The van der Waals surface area contributed by atoms with Crippen LogP contribution in [0.5, 0.6) is 17.2 Å². The van der Waals surface area contributed by atoms with E-state index in [0.717, 1.165) is 21.5 Å². The van der Waals surface area contributed by atoms with Crippen LogP contribution in [0.2, 0.25) is 0 Å². The number of rotatable bonds is 10. The number of hydrogen-bond donors (Lipinski definition) is 0. The molecule has 2 heterocycles. The van der Waals surface area contributed by atoms with Crippen LogP contribution >= 0.6 is 11.3 Å². The first-order chi connectivity index (χ1) is 16.2. The fourth-order valence-corrected chi connectivity index (χ4v) is 4.26. The average Bonchev–Trinajstić information content (AvgIpc) is 3.28. The van der Waals surface area contributed by atoms with Crippen LogP contribution in [0.1, 0.15) is 19.4 Å². The minimum absolute atomic E-state index is 0.123. The molecule has 0 aliphatic rings. The van der Waals surface area contributed by atoms with Crippen LogP contribution in [-0.4, -0.2) is 35.7 Å². The van der Waals surface area contributed by atoms with Gasteiger partial charge in [-0.25, -0.2) is 4.98 Å². The normalized spacial score (nSPS) is 10.7. The third-order valence-electron chi connectivity index (χ3n) is 4.76. The molecule has 0 atom stereocenters. The summed E-state index contributed by atoms with van der Waals surface area (Å²) in [5.41, 5.74) is 1.65. The van der Waals surface area contributed by atoms with E-state index < -0.39 is 0 Å². The molecular weight excluding hydrogens is 438 g/mol. The molecule has 0 saturated carbocycles. The highest BCUT2D eigenvalue weighted by molar-refractivity contribution is 7.22. The summed E-state index contributed by atoms with van der Waals surface area (Å²) in [6, 6.07) is 16.8. The lowest BCUT2D eigenvalue weighted by Gasteiger charge is -2.20. The number of nitrogens with zero attached hydrogens (tertiary/aromatic N) is 3. The number of carbonyl (C=O) groups excluding carboxylic acids is 1. The van der Waals surface area contributed by atoms with E-state index in [9.17, 15) is 4.79 Å². The molecule has 2 aromatic carbocycles. The predicted molar refractivity (Wildman–Crippen MR) is 129 cm³/mol. The zero-order chi connectivity index (χ0) is 23.0. The highest BCUT2D eigenvalue weighted by Crippen LogP contribution is 2.35. The Morgan fingerprint density at radius 2 is 1.70 bits per heavy atom. The molecule has 7 nitrogen and oxygen atoms in total. The molecule has 0 bridgehead atoms. The first-order valence-electron chi connectivity index (χ1n) is 10.7. The number of hydrogen-bond acceptors (Lipinski definition) is 7. The van der Waals surface area contributed by atoms with Crippen LogP contribution in [0, 0.1) is 0 Å². The number of carbonyl (C=O) groups is 1. The lowest BCUT2D eigenvalue weighted by atomic mass is 10.2. The van der Waals surface area contributed by atoms with Crippen LogP contribution in [0.4, 0.5) is 5.13 Å². The molecule has 170 valence electrons. The van der Waals surface area contributed by atoms with Gasteiger partial charge in [-0.05, 0) is 61.9 Å². The predicted octanol–water partition coefficient (Wildman–Crippen LogP) is 5.10. The number of fused-ring (bicyclic) bond motifs is 1. The van der Waals surface area contributed by atoms with Gasteiger partial charge in [-0.2, -0.15) is 0 Å². The van der Waals surface area contributed by atoms with Crippen molar-refractivity contribution in [2.24, 2.45) is 0 Å². The van der Waals surface area contributed by atoms with Gasteiger partial charge in [0.05, 0.1) is 24.5 Å². The van der Waals surface area contributed by atoms with E-state index in [1.807, 2.05) is 56.3 Å². The van der Waals surface area contributed by atoms with Gasteiger partial charge in [-0.3, -0.25) is 14.7 Å². The molecule has 8 heteroatoms. The SMILES string of the molecule is CCOc1ccc(OCC(=O)N(Cc2cccnc2)c2nc3c(OCC)cccc3s2)cc1.